The van der Waals surface area contributed by atoms with Gasteiger partial charge < -0.3 is 20.8 Å². The van der Waals surface area contributed by atoms with Crippen LogP contribution in [0, 0.1) is 12.8 Å². The number of alkyl halides is 3. The van der Waals surface area contributed by atoms with Gasteiger partial charge in [-0.15, -0.1) is 11.3 Å². The van der Waals surface area contributed by atoms with E-state index in [0.29, 0.717) is 34.6 Å². The molecule has 4 unspecified atom stereocenters. The molecule has 164 valence electrons. The molecule has 2 fully saturated rings. The second-order valence-corrected chi connectivity index (χ2v) is 9.04. The lowest BCUT2D eigenvalue weighted by Gasteiger charge is -2.24. The lowest BCUT2D eigenvalue weighted by atomic mass is 10.1. The largest absolute Gasteiger partial charge is 0.405 e. The Balaban J connectivity index is 1.54. The number of halogens is 3. The molecule has 2 saturated carbocycles. The molecule has 3 aromatic heterocycles. The van der Waals surface area contributed by atoms with Crippen molar-refractivity contribution in [1.82, 2.24) is 19.9 Å². The van der Waals surface area contributed by atoms with Crippen molar-refractivity contribution >= 4 is 33.3 Å². The number of rotatable bonds is 5. The van der Waals surface area contributed by atoms with Crippen LogP contribution in [0.2, 0.25) is 0 Å². The van der Waals surface area contributed by atoms with Crippen LogP contribution in [0.1, 0.15) is 18.5 Å². The summed E-state index contributed by atoms with van der Waals surface area (Å²) in [5, 5.41) is 26.8. The maximum Gasteiger partial charge on any atom is 0.405 e. The molecular formula is C19H19F3N6O2S. The van der Waals surface area contributed by atoms with E-state index >= 15 is 0 Å². The van der Waals surface area contributed by atoms with Gasteiger partial charge in [0.25, 0.3) is 0 Å². The Morgan fingerprint density at radius 1 is 1.29 bits per heavy atom. The molecule has 3 aromatic rings. The fourth-order valence-corrected chi connectivity index (χ4v) is 5.19. The summed E-state index contributed by atoms with van der Waals surface area (Å²) in [6.45, 7) is 0.396. The number of aromatic nitrogens is 4. The fourth-order valence-electron chi connectivity index (χ4n) is 4.16. The third-order valence-corrected chi connectivity index (χ3v) is 6.87. The van der Waals surface area contributed by atoms with E-state index in [1.54, 1.807) is 19.3 Å². The van der Waals surface area contributed by atoms with Crippen LogP contribution in [-0.2, 0) is 0 Å². The lowest BCUT2D eigenvalue weighted by molar-refractivity contribution is -0.115. The highest BCUT2D eigenvalue weighted by Gasteiger charge is 2.65. The summed E-state index contributed by atoms with van der Waals surface area (Å²) in [6, 6.07) is 1.34. The normalized spacial score (nSPS) is 27.4. The van der Waals surface area contributed by atoms with Crippen molar-refractivity contribution in [2.24, 2.45) is 5.92 Å². The molecule has 31 heavy (non-hydrogen) atoms. The predicted molar refractivity (Wildman–Crippen MR) is 109 cm³/mol. The molecule has 2 aliphatic carbocycles. The van der Waals surface area contributed by atoms with Gasteiger partial charge in [0.15, 0.2) is 0 Å². The van der Waals surface area contributed by atoms with Gasteiger partial charge in [-0.05, 0) is 31.7 Å². The standard InChI is InChI=1S/C19H19F3N6O2S/c1-8-13(16-27-11-6-23-3-2-12(11)31-16)15(28-17(25-8)24-7-19(20,21)22)26-10-4-9-5-18(9,30)14(10)29/h2-3,6,9-10,14,29-30H,4-5,7H2,1H3,(H2,24,25,26,28). The average molecular weight is 452 g/mol. The zero-order valence-electron chi connectivity index (χ0n) is 16.3. The first-order chi connectivity index (χ1) is 14.6. The fraction of sp³-hybridized carbons (Fsp3) is 0.474. The van der Waals surface area contributed by atoms with Crippen LogP contribution in [0.4, 0.5) is 24.9 Å². The van der Waals surface area contributed by atoms with Gasteiger partial charge in [-0.3, -0.25) is 4.98 Å². The number of aliphatic hydroxyl groups excluding tert-OH is 1. The third kappa shape index (κ3) is 3.68. The van der Waals surface area contributed by atoms with E-state index in [2.05, 4.69) is 30.6 Å². The zero-order valence-corrected chi connectivity index (χ0v) is 17.1. The zero-order chi connectivity index (χ0) is 22.0. The number of hydrogen-bond acceptors (Lipinski definition) is 9. The van der Waals surface area contributed by atoms with Crippen LogP contribution in [0.15, 0.2) is 18.5 Å². The van der Waals surface area contributed by atoms with Crippen LogP contribution in [0.25, 0.3) is 20.8 Å². The number of hydrogen-bond donors (Lipinski definition) is 4. The number of pyridine rings is 1. The number of aliphatic hydroxyl groups is 2. The first-order valence-corrected chi connectivity index (χ1v) is 10.5. The lowest BCUT2D eigenvalue weighted by Crippen LogP contribution is -2.39. The third-order valence-electron chi connectivity index (χ3n) is 5.81. The maximum atomic E-state index is 12.7. The second-order valence-electron chi connectivity index (χ2n) is 8.01. The van der Waals surface area contributed by atoms with E-state index in [9.17, 15) is 23.4 Å². The van der Waals surface area contributed by atoms with E-state index in [0.717, 1.165) is 4.70 Å². The van der Waals surface area contributed by atoms with Crippen molar-refractivity contribution in [3.63, 3.8) is 0 Å². The quantitative estimate of drug-likeness (QED) is 0.467. The smallest absolute Gasteiger partial charge is 0.388 e. The number of aryl methyl sites for hydroxylation is 1. The van der Waals surface area contributed by atoms with Crippen LogP contribution >= 0.6 is 11.3 Å². The predicted octanol–water partition coefficient (Wildman–Crippen LogP) is 2.73. The SMILES string of the molecule is Cc1nc(NCC(F)(F)F)nc(NC2CC3CC3(O)C2O)c1-c1nc2cnccc2s1. The number of anilines is 2. The summed E-state index contributed by atoms with van der Waals surface area (Å²) in [5.74, 6) is 0.0843. The minimum Gasteiger partial charge on any atom is -0.388 e. The summed E-state index contributed by atoms with van der Waals surface area (Å²) < 4.78 is 38.9. The summed E-state index contributed by atoms with van der Waals surface area (Å²) in [5.41, 5.74) is 0.561. The van der Waals surface area contributed by atoms with Crippen LogP contribution in [-0.4, -0.2) is 60.6 Å². The minimum atomic E-state index is -4.42. The molecule has 5 rings (SSSR count). The van der Waals surface area contributed by atoms with Gasteiger partial charge in [-0.2, -0.15) is 18.2 Å². The Hall–Kier alpha value is -2.57. The minimum absolute atomic E-state index is 0.00253. The molecule has 3 heterocycles. The molecule has 2 aliphatic rings. The summed E-state index contributed by atoms with van der Waals surface area (Å²) in [4.78, 5) is 17.1. The molecular weight excluding hydrogens is 433 g/mol. The molecule has 0 bridgehead atoms. The molecule has 0 aliphatic heterocycles. The molecule has 0 radical (unpaired) electrons. The molecule has 0 saturated heterocycles. The Labute approximate surface area is 178 Å². The van der Waals surface area contributed by atoms with Crippen molar-refractivity contribution in [3.05, 3.63) is 24.2 Å². The monoisotopic (exact) mass is 452 g/mol. The summed E-state index contributed by atoms with van der Waals surface area (Å²) >= 11 is 1.39. The Morgan fingerprint density at radius 2 is 2.10 bits per heavy atom. The summed E-state index contributed by atoms with van der Waals surface area (Å²) in [6.07, 6.45) is -1.05. The molecule has 4 atom stereocenters. The number of fused-ring (bicyclic) bond motifs is 2. The highest BCUT2D eigenvalue weighted by Crippen LogP contribution is 2.56. The molecule has 0 aromatic carbocycles. The van der Waals surface area contributed by atoms with Gasteiger partial charge in [0.05, 0.1) is 33.8 Å². The first kappa shape index (κ1) is 20.3. The number of nitrogens with zero attached hydrogens (tertiary/aromatic N) is 4. The molecule has 4 N–H and O–H groups in total. The van der Waals surface area contributed by atoms with Crippen molar-refractivity contribution < 1.29 is 23.4 Å². The highest BCUT2D eigenvalue weighted by molar-refractivity contribution is 7.21. The first-order valence-electron chi connectivity index (χ1n) is 9.71. The second kappa shape index (κ2) is 6.97. The van der Waals surface area contributed by atoms with Crippen LogP contribution < -0.4 is 10.6 Å². The molecule has 8 nitrogen and oxygen atoms in total. The average Bonchev–Trinajstić information content (AvgIpc) is 3.06. The van der Waals surface area contributed by atoms with E-state index in [4.69, 9.17) is 0 Å². The topological polar surface area (TPSA) is 116 Å². The van der Waals surface area contributed by atoms with Crippen molar-refractivity contribution in [2.45, 2.75) is 43.7 Å². The highest BCUT2D eigenvalue weighted by atomic mass is 32.1. The van der Waals surface area contributed by atoms with Crippen molar-refractivity contribution in [2.75, 3.05) is 17.2 Å². The Bertz CT molecular complexity index is 1120. The maximum absolute atomic E-state index is 12.7. The number of thiazole rings is 1. The van der Waals surface area contributed by atoms with Crippen molar-refractivity contribution in [3.8, 4) is 10.6 Å². The Morgan fingerprint density at radius 3 is 2.77 bits per heavy atom. The molecule has 0 amide bonds. The molecule has 12 heteroatoms. The van der Waals surface area contributed by atoms with E-state index in [1.165, 1.54) is 11.3 Å². The molecule has 0 spiro atoms. The van der Waals surface area contributed by atoms with Gasteiger partial charge in [0.1, 0.15) is 29.0 Å². The van der Waals surface area contributed by atoms with Gasteiger partial charge in [0, 0.05) is 6.20 Å². The summed E-state index contributed by atoms with van der Waals surface area (Å²) in [7, 11) is 0. The van der Waals surface area contributed by atoms with Crippen LogP contribution in [0.5, 0.6) is 0 Å². The van der Waals surface area contributed by atoms with E-state index in [1.807, 2.05) is 6.07 Å². The Kier molecular flexibility index (Phi) is 4.57. The van der Waals surface area contributed by atoms with Crippen molar-refractivity contribution in [1.29, 1.82) is 0 Å². The van der Waals surface area contributed by atoms with Gasteiger partial charge in [-0.25, -0.2) is 9.97 Å². The van der Waals surface area contributed by atoms with Crippen LogP contribution in [0.3, 0.4) is 0 Å². The van der Waals surface area contributed by atoms with E-state index < -0.39 is 30.5 Å². The van der Waals surface area contributed by atoms with Gasteiger partial charge >= 0.3 is 6.18 Å². The van der Waals surface area contributed by atoms with Gasteiger partial charge in [0.2, 0.25) is 5.95 Å². The van der Waals surface area contributed by atoms with E-state index in [-0.39, 0.29) is 17.7 Å². The number of nitrogens with one attached hydrogen (secondary N) is 2. The van der Waals surface area contributed by atoms with Gasteiger partial charge in [-0.1, -0.05) is 0 Å².